The molecular formula is C9H12FNO2. The first kappa shape index (κ1) is 10.1. The van der Waals surface area contributed by atoms with Gasteiger partial charge in [-0.25, -0.2) is 10.3 Å². The maximum Gasteiger partial charge on any atom is 0.129 e. The third-order valence-corrected chi connectivity index (χ3v) is 1.67. The first-order valence-electron chi connectivity index (χ1n) is 3.86. The number of ether oxygens (including phenoxy) is 1. The number of hydrogen-bond acceptors (Lipinski definition) is 3. The predicted octanol–water partition coefficient (Wildman–Crippen LogP) is 1.36. The average molecular weight is 185 g/mol. The zero-order valence-corrected chi connectivity index (χ0v) is 7.42. The van der Waals surface area contributed by atoms with Gasteiger partial charge in [0, 0.05) is 12.7 Å². The minimum Gasteiger partial charge on any atom is -0.380 e. The summed E-state index contributed by atoms with van der Waals surface area (Å²) < 4.78 is 18.0. The number of methoxy groups -OCH3 is 1. The molecule has 3 nitrogen and oxygen atoms in total. The molecule has 0 aliphatic heterocycles. The van der Waals surface area contributed by atoms with E-state index in [1.165, 1.54) is 13.2 Å². The lowest BCUT2D eigenvalue weighted by molar-refractivity contribution is 0.123. The molecular weight excluding hydrogens is 173 g/mol. The van der Waals surface area contributed by atoms with E-state index >= 15 is 0 Å². The number of rotatable bonds is 4. The summed E-state index contributed by atoms with van der Waals surface area (Å²) in [6.07, 6.45) is 0. The highest BCUT2D eigenvalue weighted by molar-refractivity contribution is 5.23. The Morgan fingerprint density at radius 1 is 1.38 bits per heavy atom. The number of halogens is 1. The molecule has 0 saturated heterocycles. The van der Waals surface area contributed by atoms with E-state index in [2.05, 4.69) is 4.84 Å². The molecule has 2 N–H and O–H groups in total. The van der Waals surface area contributed by atoms with E-state index in [-0.39, 0.29) is 19.0 Å². The Morgan fingerprint density at radius 3 is 2.69 bits per heavy atom. The van der Waals surface area contributed by atoms with Gasteiger partial charge in [0.15, 0.2) is 0 Å². The highest BCUT2D eigenvalue weighted by Crippen LogP contribution is 2.11. The van der Waals surface area contributed by atoms with Crippen molar-refractivity contribution in [3.63, 3.8) is 0 Å². The lowest BCUT2D eigenvalue weighted by Gasteiger charge is -2.04. The third kappa shape index (κ3) is 2.77. The monoisotopic (exact) mass is 185 g/mol. The van der Waals surface area contributed by atoms with Crippen LogP contribution >= 0.6 is 0 Å². The van der Waals surface area contributed by atoms with Crippen molar-refractivity contribution in [1.29, 1.82) is 0 Å². The SMILES string of the molecule is COCc1ccc(CON)cc1F. The lowest BCUT2D eigenvalue weighted by Crippen LogP contribution is -2.00. The maximum absolute atomic E-state index is 13.2. The van der Waals surface area contributed by atoms with Gasteiger partial charge in [-0.1, -0.05) is 12.1 Å². The summed E-state index contributed by atoms with van der Waals surface area (Å²) in [7, 11) is 1.52. The molecule has 0 aliphatic carbocycles. The standard InChI is InChI=1S/C9H12FNO2/c1-12-6-8-3-2-7(5-13-11)4-9(8)10/h2-4H,5-6,11H2,1H3. The molecule has 0 bridgehead atoms. The fourth-order valence-electron chi connectivity index (χ4n) is 1.05. The molecule has 0 heterocycles. The quantitative estimate of drug-likeness (QED) is 0.720. The van der Waals surface area contributed by atoms with Crippen molar-refractivity contribution in [2.24, 2.45) is 5.90 Å². The molecule has 0 aliphatic rings. The van der Waals surface area contributed by atoms with Crippen LogP contribution < -0.4 is 5.90 Å². The molecule has 0 spiro atoms. The van der Waals surface area contributed by atoms with Gasteiger partial charge in [-0.15, -0.1) is 0 Å². The average Bonchev–Trinajstić information content (AvgIpc) is 2.10. The van der Waals surface area contributed by atoms with E-state index in [0.29, 0.717) is 11.1 Å². The fourth-order valence-corrected chi connectivity index (χ4v) is 1.05. The molecule has 0 amide bonds. The first-order valence-corrected chi connectivity index (χ1v) is 3.86. The van der Waals surface area contributed by atoms with Gasteiger partial charge in [0.1, 0.15) is 5.82 Å². The Morgan fingerprint density at radius 2 is 2.15 bits per heavy atom. The molecule has 0 fully saturated rings. The zero-order chi connectivity index (χ0) is 9.68. The summed E-state index contributed by atoms with van der Waals surface area (Å²) in [6.45, 7) is 0.486. The largest absolute Gasteiger partial charge is 0.380 e. The Kier molecular flexibility index (Phi) is 3.82. The van der Waals surface area contributed by atoms with E-state index in [4.69, 9.17) is 10.6 Å². The van der Waals surface area contributed by atoms with Crippen LogP contribution in [0.4, 0.5) is 4.39 Å². The van der Waals surface area contributed by atoms with E-state index in [1.807, 2.05) is 0 Å². The molecule has 1 aromatic carbocycles. The first-order chi connectivity index (χ1) is 6.27. The topological polar surface area (TPSA) is 44.5 Å². The normalized spacial score (nSPS) is 10.4. The minimum absolute atomic E-state index is 0.212. The number of benzene rings is 1. The Balaban J connectivity index is 2.79. The van der Waals surface area contributed by atoms with Crippen LogP contribution in [0, 0.1) is 5.82 Å². The molecule has 0 radical (unpaired) electrons. The lowest BCUT2D eigenvalue weighted by atomic mass is 10.1. The smallest absolute Gasteiger partial charge is 0.129 e. The van der Waals surface area contributed by atoms with Crippen molar-refractivity contribution in [2.75, 3.05) is 7.11 Å². The van der Waals surface area contributed by atoms with Crippen molar-refractivity contribution >= 4 is 0 Å². The maximum atomic E-state index is 13.2. The predicted molar refractivity (Wildman–Crippen MR) is 46.1 cm³/mol. The molecule has 4 heteroatoms. The summed E-state index contributed by atoms with van der Waals surface area (Å²) in [5.74, 6) is 4.57. The van der Waals surface area contributed by atoms with E-state index in [1.54, 1.807) is 12.1 Å². The van der Waals surface area contributed by atoms with Crippen LogP contribution in [0.5, 0.6) is 0 Å². The molecule has 0 unspecified atom stereocenters. The summed E-state index contributed by atoms with van der Waals surface area (Å²) >= 11 is 0. The van der Waals surface area contributed by atoms with Gasteiger partial charge in [0.2, 0.25) is 0 Å². The van der Waals surface area contributed by atoms with Crippen LogP contribution in [0.3, 0.4) is 0 Å². The second-order valence-electron chi connectivity index (χ2n) is 2.67. The van der Waals surface area contributed by atoms with Crippen molar-refractivity contribution in [2.45, 2.75) is 13.2 Å². The van der Waals surface area contributed by atoms with Gasteiger partial charge in [0.25, 0.3) is 0 Å². The van der Waals surface area contributed by atoms with Crippen molar-refractivity contribution in [3.05, 3.63) is 35.1 Å². The summed E-state index contributed by atoms with van der Waals surface area (Å²) in [6, 6.07) is 4.80. The van der Waals surface area contributed by atoms with Crippen LogP contribution in [0.15, 0.2) is 18.2 Å². The van der Waals surface area contributed by atoms with Gasteiger partial charge >= 0.3 is 0 Å². The van der Waals surface area contributed by atoms with Gasteiger partial charge in [-0.2, -0.15) is 0 Å². The van der Waals surface area contributed by atoms with Crippen molar-refractivity contribution in [3.8, 4) is 0 Å². The van der Waals surface area contributed by atoms with Crippen LogP contribution in [0.1, 0.15) is 11.1 Å². The summed E-state index contributed by atoms with van der Waals surface area (Å²) in [5.41, 5.74) is 1.24. The molecule has 1 aromatic rings. The highest BCUT2D eigenvalue weighted by atomic mass is 19.1. The van der Waals surface area contributed by atoms with E-state index in [9.17, 15) is 4.39 Å². The van der Waals surface area contributed by atoms with Crippen molar-refractivity contribution < 1.29 is 14.0 Å². The molecule has 72 valence electrons. The van der Waals surface area contributed by atoms with Gasteiger partial charge in [-0.05, 0) is 11.6 Å². The highest BCUT2D eigenvalue weighted by Gasteiger charge is 2.02. The van der Waals surface area contributed by atoms with Crippen LogP contribution in [0.2, 0.25) is 0 Å². The molecule has 0 saturated carbocycles. The Hall–Kier alpha value is -0.970. The van der Waals surface area contributed by atoms with Gasteiger partial charge in [-0.3, -0.25) is 4.84 Å². The fraction of sp³-hybridized carbons (Fsp3) is 0.333. The number of hydrogen-bond donors (Lipinski definition) is 1. The van der Waals surface area contributed by atoms with E-state index in [0.717, 1.165) is 0 Å². The van der Waals surface area contributed by atoms with Crippen LogP contribution in [-0.4, -0.2) is 7.11 Å². The third-order valence-electron chi connectivity index (χ3n) is 1.67. The minimum atomic E-state index is -0.295. The van der Waals surface area contributed by atoms with Gasteiger partial charge < -0.3 is 4.74 Å². The molecule has 0 aromatic heterocycles. The second kappa shape index (κ2) is 4.91. The van der Waals surface area contributed by atoms with Gasteiger partial charge in [0.05, 0.1) is 13.2 Å². The van der Waals surface area contributed by atoms with Crippen LogP contribution in [-0.2, 0) is 22.8 Å². The Labute approximate surface area is 76.2 Å². The number of nitrogens with two attached hydrogens (primary N) is 1. The summed E-state index contributed by atoms with van der Waals surface area (Å²) in [4.78, 5) is 4.38. The second-order valence-corrected chi connectivity index (χ2v) is 2.67. The molecule has 0 atom stereocenters. The Bertz CT molecular complexity index is 278. The molecule has 13 heavy (non-hydrogen) atoms. The van der Waals surface area contributed by atoms with Crippen molar-refractivity contribution in [1.82, 2.24) is 0 Å². The molecule has 1 rings (SSSR count). The van der Waals surface area contributed by atoms with Crippen LogP contribution in [0.25, 0.3) is 0 Å². The summed E-state index contributed by atoms with van der Waals surface area (Å²) in [5, 5.41) is 0. The van der Waals surface area contributed by atoms with E-state index < -0.39 is 0 Å². The zero-order valence-electron chi connectivity index (χ0n) is 7.42.